The van der Waals surface area contributed by atoms with E-state index in [9.17, 15) is 9.59 Å². The number of nitrogen functional groups attached to an aromatic ring is 1. The fourth-order valence-corrected chi connectivity index (χ4v) is 3.46. The fourth-order valence-electron chi connectivity index (χ4n) is 3.31. The minimum Gasteiger partial charge on any atom is -0.384 e. The van der Waals surface area contributed by atoms with Crippen molar-refractivity contribution in [3.8, 4) is 0 Å². The van der Waals surface area contributed by atoms with Crippen molar-refractivity contribution in [1.82, 2.24) is 15.2 Å². The molecule has 7 heteroatoms. The van der Waals surface area contributed by atoms with Crippen LogP contribution in [-0.4, -0.2) is 42.0 Å². The quantitative estimate of drug-likeness (QED) is 0.689. The molecule has 0 radical (unpaired) electrons. The molecule has 1 fully saturated rings. The fraction of sp³-hybridized carbons (Fsp3) is 0.667. The molecule has 0 unspecified atom stereocenters. The number of amides is 1. The van der Waals surface area contributed by atoms with Gasteiger partial charge in [-0.15, -0.1) is 0 Å². The Labute approximate surface area is 154 Å². The molecule has 1 aromatic rings. The summed E-state index contributed by atoms with van der Waals surface area (Å²) in [6, 6.07) is 1.32. The first-order chi connectivity index (χ1) is 11.9. The number of piperidine rings is 1. The van der Waals surface area contributed by atoms with Crippen LogP contribution in [0.15, 0.2) is 10.9 Å². The summed E-state index contributed by atoms with van der Waals surface area (Å²) in [4.78, 5) is 29.0. The molecule has 1 aliphatic heterocycles. The Morgan fingerprint density at radius 3 is 2.64 bits per heavy atom. The molecule has 6 nitrogen and oxygen atoms in total. The average Bonchev–Trinajstić information content (AvgIpc) is 2.61. The van der Waals surface area contributed by atoms with Crippen LogP contribution in [-0.2, 0) is 0 Å². The smallest absolute Gasteiger partial charge is 0.262 e. The van der Waals surface area contributed by atoms with Gasteiger partial charge in [-0.25, -0.2) is 0 Å². The van der Waals surface area contributed by atoms with E-state index in [0.717, 1.165) is 31.8 Å². The van der Waals surface area contributed by atoms with Crippen molar-refractivity contribution >= 4 is 23.3 Å². The van der Waals surface area contributed by atoms with Gasteiger partial charge in [-0.05, 0) is 43.8 Å². The van der Waals surface area contributed by atoms with Crippen LogP contribution in [0.2, 0.25) is 5.02 Å². The Bertz CT molecular complexity index is 634. The summed E-state index contributed by atoms with van der Waals surface area (Å²) < 4.78 is 0. The lowest BCUT2D eigenvalue weighted by Gasteiger charge is -2.34. The maximum atomic E-state index is 12.2. The minimum atomic E-state index is -0.514. The van der Waals surface area contributed by atoms with Crippen LogP contribution in [0.25, 0.3) is 0 Å². The highest BCUT2D eigenvalue weighted by Crippen LogP contribution is 2.19. The van der Waals surface area contributed by atoms with Crippen LogP contribution in [0.3, 0.4) is 0 Å². The number of aromatic nitrogens is 1. The molecule has 0 atom stereocenters. The monoisotopic (exact) mass is 368 g/mol. The van der Waals surface area contributed by atoms with E-state index < -0.39 is 11.5 Å². The summed E-state index contributed by atoms with van der Waals surface area (Å²) in [6.07, 6.45) is 4.59. The van der Waals surface area contributed by atoms with Crippen molar-refractivity contribution < 1.29 is 4.79 Å². The largest absolute Gasteiger partial charge is 0.384 e. The van der Waals surface area contributed by atoms with Crippen molar-refractivity contribution in [3.63, 3.8) is 0 Å². The number of nitrogens with zero attached hydrogens (tertiary/aromatic N) is 1. The number of rotatable bonds is 7. The molecule has 0 saturated carbocycles. The van der Waals surface area contributed by atoms with Crippen molar-refractivity contribution in [2.45, 2.75) is 39.5 Å². The van der Waals surface area contributed by atoms with E-state index in [0.29, 0.717) is 12.5 Å². The van der Waals surface area contributed by atoms with Crippen LogP contribution in [0, 0.1) is 11.8 Å². The molecule has 0 aliphatic carbocycles. The van der Waals surface area contributed by atoms with Gasteiger partial charge in [0.05, 0.1) is 5.02 Å². The molecule has 0 aromatic carbocycles. The molecule has 4 N–H and O–H groups in total. The molecule has 2 heterocycles. The molecule has 25 heavy (non-hydrogen) atoms. The third-order valence-electron chi connectivity index (χ3n) is 5.20. The lowest BCUT2D eigenvalue weighted by Crippen LogP contribution is -2.41. The molecular formula is C18H29ClN4O2. The molecule has 1 saturated heterocycles. The van der Waals surface area contributed by atoms with E-state index in [1.54, 1.807) is 0 Å². The van der Waals surface area contributed by atoms with Gasteiger partial charge in [0.1, 0.15) is 11.4 Å². The van der Waals surface area contributed by atoms with Crippen molar-refractivity contribution in [2.75, 3.05) is 31.9 Å². The molecule has 140 valence electrons. The first-order valence-corrected chi connectivity index (χ1v) is 9.51. The normalized spacial score (nSPS) is 16.3. The third-order valence-corrected chi connectivity index (χ3v) is 5.51. The first-order valence-electron chi connectivity index (χ1n) is 9.13. The molecule has 0 spiro atoms. The lowest BCUT2D eigenvalue weighted by atomic mass is 9.94. The number of hydrogen-bond acceptors (Lipinski definition) is 4. The minimum absolute atomic E-state index is 0.00497. The Morgan fingerprint density at radius 1 is 1.40 bits per heavy atom. The Balaban J connectivity index is 1.80. The average molecular weight is 369 g/mol. The van der Waals surface area contributed by atoms with E-state index in [2.05, 4.69) is 29.0 Å². The Kier molecular flexibility index (Phi) is 7.32. The predicted molar refractivity (Wildman–Crippen MR) is 102 cm³/mol. The van der Waals surface area contributed by atoms with Crippen LogP contribution >= 0.6 is 11.6 Å². The van der Waals surface area contributed by atoms with Gasteiger partial charge in [0.25, 0.3) is 11.5 Å². The second-order valence-corrected chi connectivity index (χ2v) is 7.32. The lowest BCUT2D eigenvalue weighted by molar-refractivity contribution is 0.0931. The predicted octanol–water partition coefficient (Wildman–Crippen LogP) is 2.49. The summed E-state index contributed by atoms with van der Waals surface area (Å²) in [5, 5.41) is 3.04. The standard InChI is InChI=1S/C18H29ClN4O2/c1-3-12(4-2)11-23-7-5-13(6-8-23)10-21-17(24)14-9-15(19)16(20)22-18(14)25/h9,12-13H,3-8,10-11H2,1-2H3,(H,21,24)(H3,20,22,25). The summed E-state index contributed by atoms with van der Waals surface area (Å²) in [5.74, 6) is 0.902. The van der Waals surface area contributed by atoms with Gasteiger partial charge in [0, 0.05) is 13.1 Å². The number of nitrogens with one attached hydrogen (secondary N) is 2. The number of hydrogen-bond donors (Lipinski definition) is 3. The van der Waals surface area contributed by atoms with Crippen molar-refractivity contribution in [2.24, 2.45) is 11.8 Å². The third kappa shape index (κ3) is 5.47. The summed E-state index contributed by atoms with van der Waals surface area (Å²) in [7, 11) is 0. The number of carbonyl (C=O) groups excluding carboxylic acids is 1. The van der Waals surface area contributed by atoms with Crippen LogP contribution in [0.4, 0.5) is 5.82 Å². The second kappa shape index (κ2) is 9.25. The molecule has 1 amide bonds. The number of H-pyrrole nitrogens is 1. The number of pyridine rings is 1. The van der Waals surface area contributed by atoms with Gasteiger partial charge in [-0.1, -0.05) is 38.3 Å². The van der Waals surface area contributed by atoms with Crippen LogP contribution < -0.4 is 16.6 Å². The van der Waals surface area contributed by atoms with Crippen LogP contribution in [0.1, 0.15) is 49.9 Å². The first kappa shape index (κ1) is 19.8. The SMILES string of the molecule is CCC(CC)CN1CCC(CNC(=O)c2cc(Cl)c(N)[nH]c2=O)CC1. The number of nitrogens with two attached hydrogens (primary N) is 1. The zero-order chi connectivity index (χ0) is 18.4. The highest BCUT2D eigenvalue weighted by Gasteiger charge is 2.22. The number of carbonyl (C=O) groups is 1. The summed E-state index contributed by atoms with van der Waals surface area (Å²) in [6.45, 7) is 8.41. The zero-order valence-corrected chi connectivity index (χ0v) is 15.9. The second-order valence-electron chi connectivity index (χ2n) is 6.91. The number of halogens is 1. The Hall–Kier alpha value is -1.53. The van der Waals surface area contributed by atoms with E-state index in [1.165, 1.54) is 25.5 Å². The zero-order valence-electron chi connectivity index (χ0n) is 15.1. The van der Waals surface area contributed by atoms with Gasteiger partial charge in [-0.2, -0.15) is 0 Å². The highest BCUT2D eigenvalue weighted by atomic mass is 35.5. The molecule has 0 bridgehead atoms. The van der Waals surface area contributed by atoms with Crippen molar-refractivity contribution in [3.05, 3.63) is 27.0 Å². The molecule has 1 aromatic heterocycles. The maximum Gasteiger partial charge on any atom is 0.262 e. The summed E-state index contributed by atoms with van der Waals surface area (Å²) >= 11 is 5.88. The van der Waals surface area contributed by atoms with E-state index in [4.69, 9.17) is 17.3 Å². The molecular weight excluding hydrogens is 340 g/mol. The van der Waals surface area contributed by atoms with Crippen LogP contribution in [0.5, 0.6) is 0 Å². The molecule has 2 rings (SSSR count). The van der Waals surface area contributed by atoms with E-state index >= 15 is 0 Å². The van der Waals surface area contributed by atoms with Crippen molar-refractivity contribution in [1.29, 1.82) is 0 Å². The maximum absolute atomic E-state index is 12.2. The number of anilines is 1. The topological polar surface area (TPSA) is 91.2 Å². The Morgan fingerprint density at radius 2 is 2.04 bits per heavy atom. The van der Waals surface area contributed by atoms with Gasteiger partial charge < -0.3 is 20.9 Å². The van der Waals surface area contributed by atoms with E-state index in [-0.39, 0.29) is 16.4 Å². The van der Waals surface area contributed by atoms with Gasteiger partial charge in [-0.3, -0.25) is 9.59 Å². The van der Waals surface area contributed by atoms with Gasteiger partial charge in [0.15, 0.2) is 0 Å². The summed E-state index contributed by atoms with van der Waals surface area (Å²) in [5.41, 5.74) is 5.01. The molecule has 1 aliphatic rings. The number of likely N-dealkylation sites (tertiary alicyclic amines) is 1. The van der Waals surface area contributed by atoms with Gasteiger partial charge >= 0.3 is 0 Å². The highest BCUT2D eigenvalue weighted by molar-refractivity contribution is 6.33. The van der Waals surface area contributed by atoms with Gasteiger partial charge in [0.2, 0.25) is 0 Å². The number of aromatic amines is 1. The van der Waals surface area contributed by atoms with E-state index in [1.807, 2.05) is 0 Å².